The molecule has 4 rings (SSSR count). The molecule has 2 aromatic rings. The number of phenolic OH excluding ortho intramolecular Hbond substituents is 1. The molecule has 2 aliphatic rings. The molecule has 34 heavy (non-hydrogen) atoms. The second kappa shape index (κ2) is 9.55. The molecule has 1 fully saturated rings. The van der Waals surface area contributed by atoms with Crippen molar-refractivity contribution in [3.63, 3.8) is 0 Å². The molecule has 2 aromatic carbocycles. The number of methoxy groups -OCH3 is 2. The number of aliphatic carboxylic acids is 1. The van der Waals surface area contributed by atoms with Gasteiger partial charge in [-0.25, -0.2) is 4.79 Å². The summed E-state index contributed by atoms with van der Waals surface area (Å²) in [7, 11) is 2.93. The van der Waals surface area contributed by atoms with Crippen LogP contribution in [0, 0.1) is 0 Å². The first-order chi connectivity index (χ1) is 16.2. The molecule has 2 aliphatic heterocycles. The van der Waals surface area contributed by atoms with Gasteiger partial charge >= 0.3 is 5.97 Å². The minimum atomic E-state index is -1.80. The Balaban J connectivity index is 1.50. The number of aliphatic hydroxyl groups excluding tert-OH is 3. The van der Waals surface area contributed by atoms with Crippen molar-refractivity contribution in [2.75, 3.05) is 20.8 Å². The van der Waals surface area contributed by atoms with Crippen LogP contribution in [0.15, 0.2) is 30.3 Å². The van der Waals surface area contributed by atoms with Gasteiger partial charge in [0.2, 0.25) is 12.0 Å². The van der Waals surface area contributed by atoms with Gasteiger partial charge in [0, 0.05) is 17.5 Å². The van der Waals surface area contributed by atoms with Crippen molar-refractivity contribution in [3.05, 3.63) is 41.5 Å². The first kappa shape index (κ1) is 23.9. The van der Waals surface area contributed by atoms with E-state index in [0.717, 1.165) is 5.56 Å². The van der Waals surface area contributed by atoms with Gasteiger partial charge in [0.15, 0.2) is 17.6 Å². The first-order valence-corrected chi connectivity index (χ1v) is 10.5. The van der Waals surface area contributed by atoms with Gasteiger partial charge in [-0.3, -0.25) is 0 Å². The van der Waals surface area contributed by atoms with Crippen LogP contribution in [0.3, 0.4) is 0 Å². The number of ether oxygens (including phenoxy) is 5. The van der Waals surface area contributed by atoms with E-state index in [2.05, 4.69) is 0 Å². The molecular weight excluding hydrogens is 452 g/mol. The Morgan fingerprint density at radius 1 is 1.03 bits per heavy atom. The van der Waals surface area contributed by atoms with Crippen molar-refractivity contribution < 1.29 is 54.0 Å². The van der Waals surface area contributed by atoms with E-state index in [4.69, 9.17) is 28.8 Å². The average molecular weight is 478 g/mol. The van der Waals surface area contributed by atoms with Crippen LogP contribution in [0.2, 0.25) is 0 Å². The Labute approximate surface area is 194 Å². The number of hydrogen-bond donors (Lipinski definition) is 5. The minimum absolute atomic E-state index is 0.0176. The highest BCUT2D eigenvalue weighted by Crippen LogP contribution is 2.44. The Hall–Kier alpha value is -3.25. The van der Waals surface area contributed by atoms with Crippen LogP contribution in [-0.4, -0.2) is 83.0 Å². The normalized spacial score (nSPS) is 28.4. The molecule has 5 N–H and O–H groups in total. The summed E-state index contributed by atoms with van der Waals surface area (Å²) in [5, 5.41) is 49.7. The topological polar surface area (TPSA) is 164 Å². The Bertz CT molecular complexity index is 1060. The van der Waals surface area contributed by atoms with Crippen molar-refractivity contribution in [1.82, 2.24) is 0 Å². The van der Waals surface area contributed by atoms with Gasteiger partial charge in [-0.15, -0.1) is 0 Å². The lowest BCUT2D eigenvalue weighted by molar-refractivity contribution is -0.271. The van der Waals surface area contributed by atoms with E-state index in [1.165, 1.54) is 14.2 Å². The second-order valence-corrected chi connectivity index (χ2v) is 8.07. The van der Waals surface area contributed by atoms with Gasteiger partial charge in [0.05, 0.1) is 20.8 Å². The van der Waals surface area contributed by atoms with E-state index >= 15 is 0 Å². The molecule has 0 amide bonds. The zero-order valence-electron chi connectivity index (χ0n) is 18.5. The average Bonchev–Trinajstić information content (AvgIpc) is 2.83. The zero-order valence-corrected chi connectivity index (χ0v) is 18.5. The molecule has 11 heteroatoms. The fourth-order valence-electron chi connectivity index (χ4n) is 4.16. The third kappa shape index (κ3) is 4.30. The second-order valence-electron chi connectivity index (χ2n) is 8.07. The maximum Gasteiger partial charge on any atom is 0.335 e. The number of benzene rings is 2. The third-order valence-electron chi connectivity index (χ3n) is 6.00. The maximum absolute atomic E-state index is 11.3. The van der Waals surface area contributed by atoms with Gasteiger partial charge in [0.1, 0.15) is 29.8 Å². The summed E-state index contributed by atoms with van der Waals surface area (Å²) in [6.45, 7) is 0.258. The van der Waals surface area contributed by atoms with Crippen molar-refractivity contribution in [1.29, 1.82) is 0 Å². The predicted octanol–water partition coefficient (Wildman–Crippen LogP) is 0.399. The Morgan fingerprint density at radius 2 is 1.79 bits per heavy atom. The quantitative estimate of drug-likeness (QED) is 0.390. The molecule has 1 saturated heterocycles. The van der Waals surface area contributed by atoms with Gasteiger partial charge in [-0.1, -0.05) is 12.1 Å². The van der Waals surface area contributed by atoms with Gasteiger partial charge in [-0.2, -0.15) is 0 Å². The lowest BCUT2D eigenvalue weighted by Crippen LogP contribution is -2.61. The largest absolute Gasteiger partial charge is 0.504 e. The monoisotopic (exact) mass is 478 g/mol. The highest BCUT2D eigenvalue weighted by Gasteiger charge is 2.48. The van der Waals surface area contributed by atoms with E-state index < -0.39 is 36.7 Å². The van der Waals surface area contributed by atoms with E-state index in [1.807, 2.05) is 0 Å². The van der Waals surface area contributed by atoms with E-state index in [-0.39, 0.29) is 29.8 Å². The number of carboxylic acid groups (broad SMARTS) is 1. The molecule has 2 heterocycles. The number of phenols is 1. The predicted molar refractivity (Wildman–Crippen MR) is 115 cm³/mol. The summed E-state index contributed by atoms with van der Waals surface area (Å²) in [5.74, 6) is -0.292. The van der Waals surface area contributed by atoms with E-state index in [1.54, 1.807) is 30.3 Å². The van der Waals surface area contributed by atoms with Crippen LogP contribution in [0.1, 0.15) is 17.0 Å². The van der Waals surface area contributed by atoms with Crippen molar-refractivity contribution >= 4 is 5.97 Å². The number of carboxylic acids is 1. The number of hydrogen-bond acceptors (Lipinski definition) is 10. The van der Waals surface area contributed by atoms with Gasteiger partial charge in [0.25, 0.3) is 0 Å². The van der Waals surface area contributed by atoms with Crippen molar-refractivity contribution in [2.45, 2.75) is 43.0 Å². The number of aromatic hydroxyl groups is 1. The molecule has 0 spiro atoms. The van der Waals surface area contributed by atoms with Crippen LogP contribution >= 0.6 is 0 Å². The summed E-state index contributed by atoms with van der Waals surface area (Å²) in [5.41, 5.74) is 1.48. The molecule has 0 radical (unpaired) electrons. The lowest BCUT2D eigenvalue weighted by atomic mass is 9.89. The molecule has 0 saturated carbocycles. The van der Waals surface area contributed by atoms with Gasteiger partial charge in [-0.05, 0) is 24.1 Å². The minimum Gasteiger partial charge on any atom is -0.504 e. The lowest BCUT2D eigenvalue weighted by Gasteiger charge is -2.38. The smallest absolute Gasteiger partial charge is 0.335 e. The first-order valence-electron chi connectivity index (χ1n) is 10.5. The Kier molecular flexibility index (Phi) is 6.71. The van der Waals surface area contributed by atoms with E-state index in [9.17, 15) is 25.2 Å². The molecule has 0 aliphatic carbocycles. The molecular formula is C23H26O11. The van der Waals surface area contributed by atoms with Crippen LogP contribution in [0.5, 0.6) is 28.7 Å². The van der Waals surface area contributed by atoms with Gasteiger partial charge < -0.3 is 49.2 Å². The van der Waals surface area contributed by atoms with E-state index in [0.29, 0.717) is 23.5 Å². The highest BCUT2D eigenvalue weighted by molar-refractivity contribution is 5.73. The fraction of sp³-hybridized carbons (Fsp3) is 0.435. The summed E-state index contributed by atoms with van der Waals surface area (Å²) in [6, 6.07) is 8.36. The summed E-state index contributed by atoms with van der Waals surface area (Å²) in [6.07, 6.45) is -7.95. The van der Waals surface area contributed by atoms with Crippen LogP contribution < -0.4 is 18.9 Å². The zero-order chi connectivity index (χ0) is 24.6. The number of fused-ring (bicyclic) bond motifs is 1. The van der Waals surface area contributed by atoms with Crippen LogP contribution in [-0.2, 0) is 16.0 Å². The Morgan fingerprint density at radius 3 is 2.47 bits per heavy atom. The van der Waals surface area contributed by atoms with Crippen molar-refractivity contribution in [2.24, 2.45) is 0 Å². The molecule has 0 unspecified atom stereocenters. The summed E-state index contributed by atoms with van der Waals surface area (Å²) >= 11 is 0. The number of rotatable bonds is 6. The SMILES string of the molecule is COc1ccc([C@H]2COc3cc(O[C@@H]4O[C@H](C(=O)O)[C@@H](O)[C@H](O)[C@H]4O)ccc3C2)c(O)c1OC. The third-order valence-corrected chi connectivity index (χ3v) is 6.00. The molecule has 0 bridgehead atoms. The maximum atomic E-state index is 11.3. The number of aliphatic hydroxyl groups is 3. The fourth-order valence-corrected chi connectivity index (χ4v) is 4.16. The molecule has 6 atom stereocenters. The molecule has 11 nitrogen and oxygen atoms in total. The highest BCUT2D eigenvalue weighted by atomic mass is 16.7. The summed E-state index contributed by atoms with van der Waals surface area (Å²) < 4.78 is 27.1. The standard InChI is InChI=1S/C23H26O11/c1-30-14-6-5-13(16(24)20(14)31-2)11-7-10-3-4-12(8-15(10)32-9-11)33-23-19(27)17(25)18(26)21(34-23)22(28)29/h3-6,8,11,17-19,21,23-27H,7,9H2,1-2H3,(H,28,29)/t11-,17+,18+,19-,21+,23-/m1/s1. The molecule has 0 aromatic heterocycles. The number of carbonyl (C=O) groups is 1. The molecule has 184 valence electrons. The van der Waals surface area contributed by atoms with Crippen LogP contribution in [0.4, 0.5) is 0 Å². The van der Waals surface area contributed by atoms with Crippen LogP contribution in [0.25, 0.3) is 0 Å². The van der Waals surface area contributed by atoms with Crippen molar-refractivity contribution in [3.8, 4) is 28.7 Å². The summed E-state index contributed by atoms with van der Waals surface area (Å²) in [4.78, 5) is 11.3.